The van der Waals surface area contributed by atoms with Crippen molar-refractivity contribution >= 4 is 33.0 Å². The van der Waals surface area contributed by atoms with Gasteiger partial charge in [-0.05, 0) is 48.1 Å². The van der Waals surface area contributed by atoms with Crippen molar-refractivity contribution in [3.05, 3.63) is 71.2 Å². The summed E-state index contributed by atoms with van der Waals surface area (Å²) in [7, 11) is -3.34. The van der Waals surface area contributed by atoms with Crippen LogP contribution in [0.4, 0.5) is 5.69 Å². The molecule has 0 N–H and O–H groups in total. The summed E-state index contributed by atoms with van der Waals surface area (Å²) in [5, 5.41) is 2.01. The number of para-hydroxylation sites is 1. The number of pyridine rings is 1. The molecule has 1 amide bonds. The minimum absolute atomic E-state index is 0.0219. The highest BCUT2D eigenvalue weighted by molar-refractivity contribution is 7.92. The first-order chi connectivity index (χ1) is 14.9. The Morgan fingerprint density at radius 1 is 1.06 bits per heavy atom. The van der Waals surface area contributed by atoms with Crippen molar-refractivity contribution in [1.29, 1.82) is 0 Å². The lowest BCUT2D eigenvalue weighted by Crippen LogP contribution is -2.47. The van der Waals surface area contributed by atoms with Gasteiger partial charge in [-0.15, -0.1) is 11.3 Å². The van der Waals surface area contributed by atoms with Gasteiger partial charge >= 0.3 is 0 Å². The second-order valence-electron chi connectivity index (χ2n) is 8.27. The molecule has 31 heavy (non-hydrogen) atoms. The molecule has 6 nitrogen and oxygen atoms in total. The zero-order chi connectivity index (χ0) is 21.6. The van der Waals surface area contributed by atoms with Crippen LogP contribution in [-0.4, -0.2) is 50.1 Å². The highest BCUT2D eigenvalue weighted by Crippen LogP contribution is 2.47. The summed E-state index contributed by atoms with van der Waals surface area (Å²) in [5.41, 5.74) is 3.07. The standard InChI is InChI=1S/C23H23N3O3S2/c1-31(28,29)26-16-23(18-5-2-3-6-20(18)26)10-12-25(13-11-23)22(27)17-8-9-19(24-15-17)21-7-4-14-30-21/h2-9,14-15H,10-13,16H2,1H3. The number of fused-ring (bicyclic) bond motifs is 2. The number of amides is 1. The van der Waals surface area contributed by atoms with Crippen LogP contribution in [0.3, 0.4) is 0 Å². The van der Waals surface area contributed by atoms with Crippen molar-refractivity contribution in [3.8, 4) is 10.6 Å². The van der Waals surface area contributed by atoms with E-state index >= 15 is 0 Å². The van der Waals surface area contributed by atoms with Gasteiger partial charge < -0.3 is 4.90 Å². The molecule has 0 unspecified atom stereocenters. The monoisotopic (exact) mass is 453 g/mol. The van der Waals surface area contributed by atoms with Crippen LogP contribution in [-0.2, 0) is 15.4 Å². The molecule has 1 aromatic carbocycles. The maximum atomic E-state index is 13.1. The Bertz CT molecular complexity index is 1210. The molecule has 0 aliphatic carbocycles. The van der Waals surface area contributed by atoms with E-state index in [9.17, 15) is 13.2 Å². The second-order valence-corrected chi connectivity index (χ2v) is 11.1. The number of rotatable bonds is 3. The highest BCUT2D eigenvalue weighted by Gasteiger charge is 2.47. The molecule has 2 aromatic heterocycles. The first kappa shape index (κ1) is 20.2. The summed E-state index contributed by atoms with van der Waals surface area (Å²) in [6.07, 6.45) is 4.39. The third-order valence-electron chi connectivity index (χ3n) is 6.38. The fraction of sp³-hybridized carbons (Fsp3) is 0.304. The molecule has 2 aliphatic rings. The lowest BCUT2D eigenvalue weighted by molar-refractivity contribution is 0.0674. The second kappa shape index (κ2) is 7.46. The van der Waals surface area contributed by atoms with E-state index in [1.54, 1.807) is 17.5 Å². The number of sulfonamides is 1. The van der Waals surface area contributed by atoms with Gasteiger partial charge in [-0.2, -0.15) is 0 Å². The van der Waals surface area contributed by atoms with E-state index in [0.717, 1.165) is 34.7 Å². The fourth-order valence-electron chi connectivity index (χ4n) is 4.72. The van der Waals surface area contributed by atoms with Gasteiger partial charge in [-0.3, -0.25) is 14.1 Å². The van der Waals surface area contributed by atoms with Gasteiger partial charge in [-0.25, -0.2) is 8.42 Å². The van der Waals surface area contributed by atoms with Crippen molar-refractivity contribution in [3.63, 3.8) is 0 Å². The van der Waals surface area contributed by atoms with Gasteiger partial charge in [0, 0.05) is 31.2 Å². The number of thiophene rings is 1. The van der Waals surface area contributed by atoms with Crippen molar-refractivity contribution in [2.24, 2.45) is 0 Å². The highest BCUT2D eigenvalue weighted by atomic mass is 32.2. The van der Waals surface area contributed by atoms with Gasteiger partial charge in [0.2, 0.25) is 10.0 Å². The van der Waals surface area contributed by atoms with E-state index in [0.29, 0.717) is 25.2 Å². The lowest BCUT2D eigenvalue weighted by Gasteiger charge is -2.39. The summed E-state index contributed by atoms with van der Waals surface area (Å²) < 4.78 is 26.2. The van der Waals surface area contributed by atoms with Crippen LogP contribution in [0.25, 0.3) is 10.6 Å². The minimum Gasteiger partial charge on any atom is -0.339 e. The Morgan fingerprint density at radius 3 is 2.48 bits per heavy atom. The number of nitrogens with zero attached hydrogens (tertiary/aromatic N) is 3. The molecule has 0 atom stereocenters. The van der Waals surface area contributed by atoms with E-state index in [-0.39, 0.29) is 11.3 Å². The first-order valence-electron chi connectivity index (χ1n) is 10.2. The first-order valence-corrected chi connectivity index (χ1v) is 13.0. The maximum Gasteiger partial charge on any atom is 0.255 e. The zero-order valence-electron chi connectivity index (χ0n) is 17.2. The van der Waals surface area contributed by atoms with Crippen molar-refractivity contribution in [2.75, 3.05) is 30.2 Å². The molecule has 0 saturated carbocycles. The van der Waals surface area contributed by atoms with E-state index < -0.39 is 10.0 Å². The molecular formula is C23H23N3O3S2. The molecule has 4 heterocycles. The normalized spacial score (nSPS) is 17.7. The van der Waals surface area contributed by atoms with Crippen LogP contribution in [0, 0.1) is 0 Å². The number of carbonyl (C=O) groups is 1. The van der Waals surface area contributed by atoms with Crippen LogP contribution < -0.4 is 4.31 Å². The summed E-state index contributed by atoms with van der Waals surface area (Å²) in [4.78, 5) is 20.5. The molecule has 1 fully saturated rings. The summed E-state index contributed by atoms with van der Waals surface area (Å²) in [6.45, 7) is 1.64. The number of piperidine rings is 1. The zero-order valence-corrected chi connectivity index (χ0v) is 18.8. The number of hydrogen-bond donors (Lipinski definition) is 0. The average Bonchev–Trinajstić information content (AvgIpc) is 3.42. The molecule has 0 bridgehead atoms. The average molecular weight is 454 g/mol. The van der Waals surface area contributed by atoms with Gasteiger partial charge in [0.15, 0.2) is 0 Å². The van der Waals surface area contributed by atoms with Crippen LogP contribution in [0.2, 0.25) is 0 Å². The number of likely N-dealkylation sites (tertiary alicyclic amines) is 1. The Balaban J connectivity index is 1.33. The van der Waals surface area contributed by atoms with Crippen LogP contribution in [0.15, 0.2) is 60.1 Å². The Kier molecular flexibility index (Phi) is 4.86. The van der Waals surface area contributed by atoms with E-state index in [4.69, 9.17) is 0 Å². The molecule has 2 aliphatic heterocycles. The molecule has 1 spiro atoms. The lowest BCUT2D eigenvalue weighted by atomic mass is 9.74. The molecule has 3 aromatic rings. The van der Waals surface area contributed by atoms with Gasteiger partial charge in [0.05, 0.1) is 28.1 Å². The minimum atomic E-state index is -3.34. The third kappa shape index (κ3) is 3.53. The Morgan fingerprint density at radius 2 is 1.84 bits per heavy atom. The molecule has 1 saturated heterocycles. The van der Waals surface area contributed by atoms with Crippen molar-refractivity contribution in [1.82, 2.24) is 9.88 Å². The predicted octanol–water partition coefficient (Wildman–Crippen LogP) is 3.76. The van der Waals surface area contributed by atoms with Crippen LogP contribution in [0.5, 0.6) is 0 Å². The van der Waals surface area contributed by atoms with Crippen LogP contribution in [0.1, 0.15) is 28.8 Å². The number of carbonyl (C=O) groups excluding carboxylic acids is 1. The topological polar surface area (TPSA) is 70.6 Å². The van der Waals surface area contributed by atoms with E-state index in [2.05, 4.69) is 4.98 Å². The number of benzene rings is 1. The smallest absolute Gasteiger partial charge is 0.255 e. The third-order valence-corrected chi connectivity index (χ3v) is 8.40. The predicted molar refractivity (Wildman–Crippen MR) is 123 cm³/mol. The quantitative estimate of drug-likeness (QED) is 0.605. The molecule has 160 valence electrons. The summed E-state index contributed by atoms with van der Waals surface area (Å²) in [5.74, 6) is -0.0219. The summed E-state index contributed by atoms with van der Waals surface area (Å²) >= 11 is 1.62. The number of anilines is 1. The molecule has 0 radical (unpaired) electrons. The SMILES string of the molecule is CS(=O)(=O)N1CC2(CCN(C(=O)c3ccc(-c4cccs4)nc3)CC2)c2ccccc21. The molecular weight excluding hydrogens is 430 g/mol. The van der Waals surface area contributed by atoms with Gasteiger partial charge in [0.1, 0.15) is 0 Å². The number of aromatic nitrogens is 1. The number of hydrogen-bond acceptors (Lipinski definition) is 5. The van der Waals surface area contributed by atoms with Gasteiger partial charge in [0.25, 0.3) is 5.91 Å². The van der Waals surface area contributed by atoms with Crippen molar-refractivity contribution < 1.29 is 13.2 Å². The molecule has 5 rings (SSSR count). The largest absolute Gasteiger partial charge is 0.339 e. The summed E-state index contributed by atoms with van der Waals surface area (Å²) in [6, 6.07) is 15.5. The van der Waals surface area contributed by atoms with Crippen molar-refractivity contribution in [2.45, 2.75) is 18.3 Å². The Hall–Kier alpha value is -2.71. The van der Waals surface area contributed by atoms with Gasteiger partial charge in [-0.1, -0.05) is 24.3 Å². The van der Waals surface area contributed by atoms with E-state index in [1.807, 2.05) is 58.8 Å². The van der Waals surface area contributed by atoms with E-state index in [1.165, 1.54) is 10.6 Å². The van der Waals surface area contributed by atoms with Crippen LogP contribution >= 0.6 is 11.3 Å². The fourth-order valence-corrected chi connectivity index (χ4v) is 6.42. The maximum absolute atomic E-state index is 13.1. The molecule has 8 heteroatoms. The Labute approximate surface area is 186 Å².